The van der Waals surface area contributed by atoms with E-state index in [4.69, 9.17) is 34.2 Å². The zero-order valence-electron chi connectivity index (χ0n) is 9.42. The van der Waals surface area contributed by atoms with Crippen LogP contribution in [0.5, 0.6) is 0 Å². The smallest absolute Gasteiger partial charge is 0.165 e. The number of halogens is 3. The highest BCUT2D eigenvalue weighted by molar-refractivity contribution is 6.35. The molecule has 0 bridgehead atoms. The lowest BCUT2D eigenvalue weighted by Gasteiger charge is -2.08. The molecule has 1 aromatic carbocycles. The molecule has 0 aliphatic rings. The average molecular weight is 297 g/mol. The second-order valence-electron chi connectivity index (χ2n) is 3.63. The molecule has 19 heavy (non-hydrogen) atoms. The van der Waals surface area contributed by atoms with Crippen molar-refractivity contribution in [1.29, 1.82) is 5.26 Å². The molecule has 1 aromatic heterocycles. The first-order valence-electron chi connectivity index (χ1n) is 5.09. The van der Waals surface area contributed by atoms with E-state index in [0.717, 1.165) is 0 Å². The van der Waals surface area contributed by atoms with Gasteiger partial charge in [-0.1, -0.05) is 23.2 Å². The Bertz CT molecular complexity index is 659. The van der Waals surface area contributed by atoms with E-state index in [0.29, 0.717) is 11.5 Å². The molecule has 0 aliphatic heterocycles. The second-order valence-corrected chi connectivity index (χ2v) is 4.44. The number of pyridine rings is 1. The van der Waals surface area contributed by atoms with E-state index in [2.05, 4.69) is 10.3 Å². The highest BCUT2D eigenvalue weighted by Crippen LogP contribution is 2.29. The third-order valence-corrected chi connectivity index (χ3v) is 2.84. The van der Waals surface area contributed by atoms with Crippen molar-refractivity contribution < 1.29 is 4.39 Å². The van der Waals surface area contributed by atoms with E-state index in [1.165, 1.54) is 12.1 Å². The summed E-state index contributed by atoms with van der Waals surface area (Å²) in [7, 11) is 0. The van der Waals surface area contributed by atoms with Crippen molar-refractivity contribution in [2.45, 2.75) is 0 Å². The molecule has 7 heteroatoms. The lowest BCUT2D eigenvalue weighted by atomic mass is 10.3. The maximum atomic E-state index is 13.3. The molecule has 0 spiro atoms. The summed E-state index contributed by atoms with van der Waals surface area (Å²) in [4.78, 5) is 3.99. The van der Waals surface area contributed by atoms with E-state index in [-0.39, 0.29) is 21.4 Å². The molecule has 0 unspecified atom stereocenters. The Labute approximate surface area is 118 Å². The number of anilines is 3. The summed E-state index contributed by atoms with van der Waals surface area (Å²) in [6.45, 7) is 0. The highest BCUT2D eigenvalue weighted by atomic mass is 35.5. The predicted molar refractivity (Wildman–Crippen MR) is 73.1 cm³/mol. The fraction of sp³-hybridized carbons (Fsp3) is 0. The fourth-order valence-corrected chi connectivity index (χ4v) is 1.89. The molecule has 0 amide bonds. The number of nitrogen functional groups attached to an aromatic ring is 1. The lowest BCUT2D eigenvalue weighted by molar-refractivity contribution is 0.629. The van der Waals surface area contributed by atoms with Crippen molar-refractivity contribution in [2.24, 2.45) is 0 Å². The van der Waals surface area contributed by atoms with E-state index in [9.17, 15) is 4.39 Å². The molecule has 3 N–H and O–H groups in total. The van der Waals surface area contributed by atoms with Crippen molar-refractivity contribution in [3.63, 3.8) is 0 Å². The van der Waals surface area contributed by atoms with Gasteiger partial charge in [-0.2, -0.15) is 5.26 Å². The summed E-state index contributed by atoms with van der Waals surface area (Å²) >= 11 is 11.4. The molecule has 2 rings (SSSR count). The lowest BCUT2D eigenvalue weighted by Crippen LogP contribution is -1.99. The Morgan fingerprint density at radius 1 is 1.26 bits per heavy atom. The third-order valence-electron chi connectivity index (χ3n) is 2.29. The summed E-state index contributed by atoms with van der Waals surface area (Å²) in [5.74, 6) is -0.304. The van der Waals surface area contributed by atoms with Crippen LogP contribution in [0.2, 0.25) is 10.0 Å². The van der Waals surface area contributed by atoms with E-state index < -0.39 is 5.82 Å². The third kappa shape index (κ3) is 2.87. The highest BCUT2D eigenvalue weighted by Gasteiger charge is 2.09. The normalized spacial score (nSPS) is 10.0. The van der Waals surface area contributed by atoms with Gasteiger partial charge in [-0.05, 0) is 24.3 Å². The van der Waals surface area contributed by atoms with Gasteiger partial charge in [-0.3, -0.25) is 0 Å². The molecule has 96 valence electrons. The van der Waals surface area contributed by atoms with Gasteiger partial charge >= 0.3 is 0 Å². The first kappa shape index (κ1) is 13.4. The van der Waals surface area contributed by atoms with E-state index >= 15 is 0 Å². The summed E-state index contributed by atoms with van der Waals surface area (Å²) in [5.41, 5.74) is 6.39. The number of nitrogens with zero attached hydrogens (tertiary/aromatic N) is 2. The van der Waals surface area contributed by atoms with Gasteiger partial charge in [0.25, 0.3) is 0 Å². The number of nitriles is 1. The number of hydrogen-bond acceptors (Lipinski definition) is 4. The zero-order valence-corrected chi connectivity index (χ0v) is 10.9. The van der Waals surface area contributed by atoms with Gasteiger partial charge in [-0.25, -0.2) is 9.37 Å². The van der Waals surface area contributed by atoms with E-state index in [1.807, 2.05) is 6.07 Å². The van der Waals surface area contributed by atoms with Crippen molar-refractivity contribution in [3.8, 4) is 6.07 Å². The van der Waals surface area contributed by atoms with Crippen LogP contribution >= 0.6 is 23.2 Å². The number of nitrogens with two attached hydrogens (primary N) is 1. The molecule has 0 saturated heterocycles. The first-order valence-corrected chi connectivity index (χ1v) is 5.85. The summed E-state index contributed by atoms with van der Waals surface area (Å²) in [6, 6.07) is 7.73. The summed E-state index contributed by atoms with van der Waals surface area (Å²) < 4.78 is 13.3. The van der Waals surface area contributed by atoms with Crippen molar-refractivity contribution in [3.05, 3.63) is 45.8 Å². The number of rotatable bonds is 2. The van der Waals surface area contributed by atoms with Crippen LogP contribution < -0.4 is 11.1 Å². The van der Waals surface area contributed by atoms with Crippen LogP contribution in [-0.4, -0.2) is 4.98 Å². The van der Waals surface area contributed by atoms with Crippen LogP contribution in [0.4, 0.5) is 21.6 Å². The molecular weight excluding hydrogens is 290 g/mol. The topological polar surface area (TPSA) is 74.7 Å². The maximum absolute atomic E-state index is 13.3. The minimum Gasteiger partial charge on any atom is -0.396 e. The predicted octanol–water partition coefficient (Wildman–Crippen LogP) is 3.72. The van der Waals surface area contributed by atoms with Crippen LogP contribution in [-0.2, 0) is 0 Å². The molecular formula is C12H7Cl2FN4. The minimum absolute atomic E-state index is 0.101. The van der Waals surface area contributed by atoms with Gasteiger partial charge in [0.2, 0.25) is 0 Å². The number of benzene rings is 1. The van der Waals surface area contributed by atoms with Gasteiger partial charge in [0.15, 0.2) is 11.5 Å². The summed E-state index contributed by atoms with van der Waals surface area (Å²) in [5, 5.41) is 11.5. The fourth-order valence-electron chi connectivity index (χ4n) is 1.40. The number of nitrogens with one attached hydrogen (secondary N) is 1. The van der Waals surface area contributed by atoms with Crippen molar-refractivity contribution in [2.75, 3.05) is 11.1 Å². The first-order chi connectivity index (χ1) is 9.01. The average Bonchev–Trinajstić information content (AvgIpc) is 2.38. The molecule has 2 aromatic rings. The van der Waals surface area contributed by atoms with Gasteiger partial charge in [0, 0.05) is 5.69 Å². The molecule has 1 heterocycles. The van der Waals surface area contributed by atoms with Crippen LogP contribution in [0.1, 0.15) is 5.69 Å². The van der Waals surface area contributed by atoms with Gasteiger partial charge in [0.05, 0.1) is 15.7 Å². The molecule has 4 nitrogen and oxygen atoms in total. The van der Waals surface area contributed by atoms with Gasteiger partial charge in [0.1, 0.15) is 11.9 Å². The standard InChI is InChI=1S/C12H7Cl2FN4/c13-7-3-6(4-8(14)12(7)15)18-11-2-1-9(17)10(5-16)19-11/h1-4H,17H2,(H,18,19). The van der Waals surface area contributed by atoms with E-state index in [1.54, 1.807) is 12.1 Å². The second kappa shape index (κ2) is 5.31. The Morgan fingerprint density at radius 3 is 2.47 bits per heavy atom. The van der Waals surface area contributed by atoms with Crippen LogP contribution in [0, 0.1) is 17.1 Å². The SMILES string of the molecule is N#Cc1nc(Nc2cc(Cl)c(F)c(Cl)c2)ccc1N. The molecule has 0 radical (unpaired) electrons. The van der Waals surface area contributed by atoms with Crippen molar-refractivity contribution in [1.82, 2.24) is 4.98 Å². The molecule has 0 fully saturated rings. The van der Waals surface area contributed by atoms with Crippen LogP contribution in [0.25, 0.3) is 0 Å². The molecule has 0 aliphatic carbocycles. The maximum Gasteiger partial charge on any atom is 0.165 e. The quantitative estimate of drug-likeness (QED) is 0.828. The summed E-state index contributed by atoms with van der Waals surface area (Å²) in [6.07, 6.45) is 0. The van der Waals surface area contributed by atoms with Gasteiger partial charge < -0.3 is 11.1 Å². The molecule has 0 saturated carbocycles. The Balaban J connectivity index is 2.34. The van der Waals surface area contributed by atoms with Crippen LogP contribution in [0.15, 0.2) is 24.3 Å². The van der Waals surface area contributed by atoms with Gasteiger partial charge in [-0.15, -0.1) is 0 Å². The largest absolute Gasteiger partial charge is 0.396 e. The van der Waals surface area contributed by atoms with Crippen molar-refractivity contribution >= 4 is 40.4 Å². The number of aromatic nitrogens is 1. The Hall–Kier alpha value is -2.03. The number of hydrogen-bond donors (Lipinski definition) is 2. The zero-order chi connectivity index (χ0) is 14.0. The Kier molecular flexibility index (Phi) is 3.74. The molecule has 0 atom stereocenters. The van der Waals surface area contributed by atoms with Crippen LogP contribution in [0.3, 0.4) is 0 Å². The monoisotopic (exact) mass is 296 g/mol. The minimum atomic E-state index is -0.683. The Morgan fingerprint density at radius 2 is 1.89 bits per heavy atom.